The van der Waals surface area contributed by atoms with Crippen molar-refractivity contribution in [2.45, 2.75) is 78.2 Å². The second-order valence-corrected chi connectivity index (χ2v) is 9.64. The molecule has 0 radical (unpaired) electrons. The molecule has 26 heavy (non-hydrogen) atoms. The van der Waals surface area contributed by atoms with E-state index in [9.17, 15) is 14.4 Å². The SMILES string of the molecule is CC1CC(=O)[C@]23CCCN(C(=O)OC(C)(C)C)CCCC2C(=O)C[C@@H]3C1. The van der Waals surface area contributed by atoms with Crippen molar-refractivity contribution in [3.8, 4) is 0 Å². The Bertz CT molecular complexity index is 593. The lowest BCUT2D eigenvalue weighted by Gasteiger charge is -2.43. The van der Waals surface area contributed by atoms with Gasteiger partial charge in [0.05, 0.1) is 0 Å². The quantitative estimate of drug-likeness (QED) is 0.653. The molecule has 0 aromatic rings. The van der Waals surface area contributed by atoms with E-state index in [0.29, 0.717) is 37.6 Å². The number of carbonyl (C=O) groups is 3. The molecule has 0 bridgehead atoms. The molecule has 5 nitrogen and oxygen atoms in total. The van der Waals surface area contributed by atoms with Gasteiger partial charge in [0.2, 0.25) is 0 Å². The smallest absolute Gasteiger partial charge is 0.410 e. The normalized spacial score (nSPS) is 35.8. The Morgan fingerprint density at radius 2 is 1.85 bits per heavy atom. The number of Topliss-reactive ketones (excluding diaryl/α,β-unsaturated/α-hetero) is 2. The van der Waals surface area contributed by atoms with Crippen LogP contribution in [0.5, 0.6) is 0 Å². The zero-order valence-corrected chi connectivity index (χ0v) is 16.7. The predicted molar refractivity (Wildman–Crippen MR) is 98.7 cm³/mol. The van der Waals surface area contributed by atoms with Crippen LogP contribution < -0.4 is 0 Å². The molecule has 1 aliphatic heterocycles. The highest BCUT2D eigenvalue weighted by Gasteiger charge is 2.60. The molecule has 2 saturated carbocycles. The van der Waals surface area contributed by atoms with Gasteiger partial charge in [0.1, 0.15) is 17.2 Å². The second kappa shape index (κ2) is 6.97. The van der Waals surface area contributed by atoms with Gasteiger partial charge in [0.15, 0.2) is 0 Å². The van der Waals surface area contributed by atoms with Crippen LogP contribution in [0.2, 0.25) is 0 Å². The van der Waals surface area contributed by atoms with E-state index in [4.69, 9.17) is 4.74 Å². The largest absolute Gasteiger partial charge is 0.444 e. The lowest BCUT2D eigenvalue weighted by atomic mass is 9.58. The van der Waals surface area contributed by atoms with Crippen molar-refractivity contribution in [2.24, 2.45) is 23.2 Å². The molecule has 3 fully saturated rings. The minimum atomic E-state index is -0.513. The van der Waals surface area contributed by atoms with Crippen LogP contribution in [0.4, 0.5) is 4.79 Å². The van der Waals surface area contributed by atoms with Gasteiger partial charge < -0.3 is 9.64 Å². The Balaban J connectivity index is 1.78. The Morgan fingerprint density at radius 3 is 2.54 bits per heavy atom. The zero-order chi connectivity index (χ0) is 19.1. The van der Waals surface area contributed by atoms with Gasteiger partial charge >= 0.3 is 6.09 Å². The lowest BCUT2D eigenvalue weighted by molar-refractivity contribution is -0.142. The molecule has 1 saturated heterocycles. The minimum absolute atomic E-state index is 0.133. The molecule has 0 aromatic carbocycles. The summed E-state index contributed by atoms with van der Waals surface area (Å²) >= 11 is 0. The lowest BCUT2D eigenvalue weighted by Crippen LogP contribution is -2.46. The molecule has 5 heteroatoms. The summed E-state index contributed by atoms with van der Waals surface area (Å²) in [5, 5.41) is 0. The predicted octanol–water partition coefficient (Wildman–Crippen LogP) is 3.99. The number of ketones is 2. The van der Waals surface area contributed by atoms with Crippen LogP contribution in [0, 0.1) is 23.2 Å². The fourth-order valence-electron chi connectivity index (χ4n) is 5.54. The van der Waals surface area contributed by atoms with Crippen LogP contribution in [-0.2, 0) is 14.3 Å². The van der Waals surface area contributed by atoms with Crippen molar-refractivity contribution >= 4 is 17.7 Å². The van der Waals surface area contributed by atoms with Gasteiger partial charge in [0.25, 0.3) is 0 Å². The molecule has 1 amide bonds. The minimum Gasteiger partial charge on any atom is -0.444 e. The van der Waals surface area contributed by atoms with E-state index in [1.807, 2.05) is 20.8 Å². The zero-order valence-electron chi connectivity index (χ0n) is 16.7. The van der Waals surface area contributed by atoms with Crippen LogP contribution in [-0.4, -0.2) is 41.3 Å². The van der Waals surface area contributed by atoms with Gasteiger partial charge in [-0.25, -0.2) is 4.79 Å². The Kier molecular flexibility index (Phi) is 5.19. The van der Waals surface area contributed by atoms with E-state index in [1.54, 1.807) is 4.90 Å². The second-order valence-electron chi connectivity index (χ2n) is 9.64. The maximum atomic E-state index is 13.1. The number of hydrogen-bond acceptors (Lipinski definition) is 4. The summed E-state index contributed by atoms with van der Waals surface area (Å²) in [4.78, 5) is 40.1. The van der Waals surface area contributed by atoms with E-state index >= 15 is 0 Å². The molecule has 146 valence electrons. The molecule has 1 spiro atoms. The topological polar surface area (TPSA) is 63.7 Å². The summed E-state index contributed by atoms with van der Waals surface area (Å²) in [5.74, 6) is 1.05. The highest BCUT2D eigenvalue weighted by molar-refractivity contribution is 5.97. The highest BCUT2D eigenvalue weighted by Crippen LogP contribution is 2.57. The molecule has 4 atom stereocenters. The van der Waals surface area contributed by atoms with Gasteiger partial charge in [-0.15, -0.1) is 0 Å². The summed E-state index contributed by atoms with van der Waals surface area (Å²) in [5.41, 5.74) is -0.964. The van der Waals surface area contributed by atoms with Gasteiger partial charge in [0, 0.05) is 37.3 Å². The molecule has 1 heterocycles. The van der Waals surface area contributed by atoms with Crippen molar-refractivity contribution in [1.82, 2.24) is 4.90 Å². The van der Waals surface area contributed by atoms with E-state index in [-0.39, 0.29) is 23.7 Å². The van der Waals surface area contributed by atoms with Crippen LogP contribution in [0.15, 0.2) is 0 Å². The fourth-order valence-corrected chi connectivity index (χ4v) is 5.54. The van der Waals surface area contributed by atoms with Crippen LogP contribution in [0.3, 0.4) is 0 Å². The summed E-state index contributed by atoms with van der Waals surface area (Å²) in [6.45, 7) is 8.94. The Hall–Kier alpha value is -1.39. The first kappa shape index (κ1) is 19.4. The standard InChI is InChI=1S/C21H33NO4/c1-14-11-15-13-17(23)16-7-5-9-22(19(25)26-20(2,3)4)10-6-8-21(15,16)18(24)12-14/h14-16H,5-13H2,1-4H3/t14?,15-,16?,21-/m0/s1. The first-order chi connectivity index (χ1) is 12.1. The number of hydrogen-bond donors (Lipinski definition) is 0. The average molecular weight is 363 g/mol. The summed E-state index contributed by atoms with van der Waals surface area (Å²) in [7, 11) is 0. The van der Waals surface area contributed by atoms with Crippen molar-refractivity contribution in [3.63, 3.8) is 0 Å². The Morgan fingerprint density at radius 1 is 1.15 bits per heavy atom. The number of nitrogens with zero attached hydrogens (tertiary/aromatic N) is 1. The first-order valence-electron chi connectivity index (χ1n) is 10.2. The molecule has 3 aliphatic rings. The third-order valence-corrected chi connectivity index (χ3v) is 6.52. The average Bonchev–Trinajstić information content (AvgIpc) is 2.81. The first-order valence-corrected chi connectivity index (χ1v) is 10.2. The molecular weight excluding hydrogens is 330 g/mol. The molecule has 0 N–H and O–H groups in total. The van der Waals surface area contributed by atoms with Crippen molar-refractivity contribution in [1.29, 1.82) is 0 Å². The molecular formula is C21H33NO4. The molecule has 3 rings (SSSR count). The molecule has 2 unspecified atom stereocenters. The van der Waals surface area contributed by atoms with Crippen LogP contribution in [0.25, 0.3) is 0 Å². The summed E-state index contributed by atoms with van der Waals surface area (Å²) in [6.07, 6.45) is 4.87. The third kappa shape index (κ3) is 3.54. The number of carbonyl (C=O) groups excluding carboxylic acids is 3. The number of rotatable bonds is 0. The maximum Gasteiger partial charge on any atom is 0.410 e. The summed E-state index contributed by atoms with van der Waals surface area (Å²) < 4.78 is 5.52. The van der Waals surface area contributed by atoms with Crippen molar-refractivity contribution in [2.75, 3.05) is 13.1 Å². The molecule has 0 aromatic heterocycles. The van der Waals surface area contributed by atoms with E-state index in [2.05, 4.69) is 6.92 Å². The van der Waals surface area contributed by atoms with E-state index < -0.39 is 11.0 Å². The van der Waals surface area contributed by atoms with E-state index in [1.165, 1.54) is 0 Å². The van der Waals surface area contributed by atoms with Gasteiger partial charge in [-0.1, -0.05) is 6.92 Å². The van der Waals surface area contributed by atoms with Crippen molar-refractivity contribution < 1.29 is 19.1 Å². The van der Waals surface area contributed by atoms with Crippen LogP contribution >= 0.6 is 0 Å². The van der Waals surface area contributed by atoms with E-state index in [0.717, 1.165) is 32.1 Å². The maximum absolute atomic E-state index is 13.1. The summed E-state index contributed by atoms with van der Waals surface area (Å²) in [6, 6.07) is 0. The van der Waals surface area contributed by atoms with Crippen molar-refractivity contribution in [3.05, 3.63) is 0 Å². The van der Waals surface area contributed by atoms with Crippen LogP contribution in [0.1, 0.15) is 72.6 Å². The monoisotopic (exact) mass is 363 g/mol. The number of ether oxygens (including phenoxy) is 1. The van der Waals surface area contributed by atoms with Gasteiger partial charge in [-0.3, -0.25) is 9.59 Å². The van der Waals surface area contributed by atoms with Gasteiger partial charge in [-0.05, 0) is 64.7 Å². The number of amides is 1. The third-order valence-electron chi connectivity index (χ3n) is 6.52. The fraction of sp³-hybridized carbons (Fsp3) is 0.857. The molecule has 2 aliphatic carbocycles. The highest BCUT2D eigenvalue weighted by atomic mass is 16.6. The Labute approximate surface area is 156 Å². The van der Waals surface area contributed by atoms with Gasteiger partial charge in [-0.2, -0.15) is 0 Å².